The Bertz CT molecular complexity index is 677. The number of hydrogen-bond acceptors (Lipinski definition) is 3. The number of pyridine rings is 2. The van der Waals surface area contributed by atoms with E-state index in [4.69, 9.17) is 5.73 Å². The third kappa shape index (κ3) is 1.83. The van der Waals surface area contributed by atoms with E-state index in [-0.39, 0.29) is 0 Å². The first kappa shape index (κ1) is 9.78. The van der Waals surface area contributed by atoms with Gasteiger partial charge in [-0.15, -0.1) is 0 Å². The quantitative estimate of drug-likeness (QED) is 0.687. The molecular weight excluding hydrogens is 210 g/mol. The fourth-order valence-electron chi connectivity index (χ4n) is 1.83. The molecule has 0 atom stereocenters. The summed E-state index contributed by atoms with van der Waals surface area (Å²) in [6.45, 7) is 0. The number of rotatable bonds is 1. The summed E-state index contributed by atoms with van der Waals surface area (Å²) in [5, 5.41) is 1.13. The Kier molecular flexibility index (Phi) is 2.22. The number of benzene rings is 1. The summed E-state index contributed by atoms with van der Waals surface area (Å²) in [5.74, 6) is 0. The van der Waals surface area contributed by atoms with Crippen molar-refractivity contribution in [3.05, 3.63) is 54.9 Å². The maximum Gasteiger partial charge on any atom is 0.0723 e. The largest absolute Gasteiger partial charge is 0.399 e. The van der Waals surface area contributed by atoms with E-state index in [1.807, 2.05) is 36.4 Å². The van der Waals surface area contributed by atoms with Crippen LogP contribution in [0.25, 0.3) is 22.2 Å². The van der Waals surface area contributed by atoms with Crippen LogP contribution in [0.3, 0.4) is 0 Å². The summed E-state index contributed by atoms with van der Waals surface area (Å²) in [4.78, 5) is 8.64. The van der Waals surface area contributed by atoms with Gasteiger partial charge in [-0.2, -0.15) is 0 Å². The molecule has 0 saturated carbocycles. The molecule has 3 nitrogen and oxygen atoms in total. The van der Waals surface area contributed by atoms with Gasteiger partial charge in [0, 0.05) is 29.0 Å². The van der Waals surface area contributed by atoms with Gasteiger partial charge in [0.2, 0.25) is 0 Å². The zero-order valence-electron chi connectivity index (χ0n) is 9.17. The van der Waals surface area contributed by atoms with Gasteiger partial charge in [-0.1, -0.05) is 18.2 Å². The molecule has 0 saturated heterocycles. The highest BCUT2D eigenvalue weighted by Crippen LogP contribution is 2.22. The minimum atomic E-state index is 0.719. The summed E-state index contributed by atoms with van der Waals surface area (Å²) < 4.78 is 0. The minimum Gasteiger partial charge on any atom is -0.399 e. The van der Waals surface area contributed by atoms with Crippen LogP contribution in [0.1, 0.15) is 0 Å². The number of nitrogen functional groups attached to an aromatic ring is 1. The van der Waals surface area contributed by atoms with Gasteiger partial charge >= 0.3 is 0 Å². The molecule has 0 aliphatic carbocycles. The van der Waals surface area contributed by atoms with Gasteiger partial charge in [0.05, 0.1) is 11.2 Å². The molecule has 0 amide bonds. The van der Waals surface area contributed by atoms with Crippen molar-refractivity contribution in [1.82, 2.24) is 9.97 Å². The maximum absolute atomic E-state index is 5.75. The van der Waals surface area contributed by atoms with E-state index in [0.717, 1.165) is 27.8 Å². The number of aromatic nitrogens is 2. The molecule has 1 aromatic carbocycles. The van der Waals surface area contributed by atoms with Crippen LogP contribution < -0.4 is 5.73 Å². The van der Waals surface area contributed by atoms with E-state index in [2.05, 4.69) is 9.97 Å². The molecule has 0 spiro atoms. The van der Waals surface area contributed by atoms with Crippen LogP contribution in [-0.4, -0.2) is 9.97 Å². The Morgan fingerprint density at radius 2 is 1.82 bits per heavy atom. The fraction of sp³-hybridized carbons (Fsp3) is 0. The normalized spacial score (nSPS) is 10.6. The second kappa shape index (κ2) is 3.87. The molecule has 2 heterocycles. The lowest BCUT2D eigenvalue weighted by molar-refractivity contribution is 1.33. The van der Waals surface area contributed by atoms with Crippen LogP contribution in [0.2, 0.25) is 0 Å². The van der Waals surface area contributed by atoms with Gasteiger partial charge in [-0.25, -0.2) is 0 Å². The molecule has 2 N–H and O–H groups in total. The second-order valence-corrected chi connectivity index (χ2v) is 3.89. The van der Waals surface area contributed by atoms with Crippen molar-refractivity contribution in [3.8, 4) is 11.3 Å². The van der Waals surface area contributed by atoms with Crippen LogP contribution in [0.4, 0.5) is 5.69 Å². The molecule has 17 heavy (non-hydrogen) atoms. The van der Waals surface area contributed by atoms with Gasteiger partial charge in [0.1, 0.15) is 0 Å². The van der Waals surface area contributed by atoms with Crippen molar-refractivity contribution in [1.29, 1.82) is 0 Å². The first-order valence-corrected chi connectivity index (χ1v) is 5.40. The van der Waals surface area contributed by atoms with E-state index in [1.165, 1.54) is 0 Å². The second-order valence-electron chi connectivity index (χ2n) is 3.89. The van der Waals surface area contributed by atoms with Crippen molar-refractivity contribution in [2.75, 3.05) is 5.73 Å². The number of nitrogens with zero attached hydrogens (tertiary/aromatic N) is 2. The fourth-order valence-corrected chi connectivity index (χ4v) is 1.83. The van der Waals surface area contributed by atoms with Gasteiger partial charge < -0.3 is 5.73 Å². The van der Waals surface area contributed by atoms with Crippen LogP contribution >= 0.6 is 0 Å². The Labute approximate surface area is 98.9 Å². The van der Waals surface area contributed by atoms with Crippen LogP contribution in [0, 0.1) is 0 Å². The highest BCUT2D eigenvalue weighted by atomic mass is 14.7. The van der Waals surface area contributed by atoms with Crippen LogP contribution in [0.15, 0.2) is 54.9 Å². The first-order valence-electron chi connectivity index (χ1n) is 5.40. The lowest BCUT2D eigenvalue weighted by Gasteiger charge is -2.03. The number of anilines is 1. The topological polar surface area (TPSA) is 51.8 Å². The van der Waals surface area contributed by atoms with Crippen molar-refractivity contribution in [2.24, 2.45) is 0 Å². The molecule has 0 fully saturated rings. The predicted molar refractivity (Wildman–Crippen MR) is 69.4 cm³/mol. The molecule has 0 aliphatic heterocycles. The Hall–Kier alpha value is -2.42. The lowest BCUT2D eigenvalue weighted by Crippen LogP contribution is -1.89. The molecule has 3 aromatic rings. The summed E-state index contributed by atoms with van der Waals surface area (Å²) in [6, 6.07) is 13.7. The van der Waals surface area contributed by atoms with E-state index in [0.29, 0.717) is 0 Å². The maximum atomic E-state index is 5.75. The molecule has 82 valence electrons. The Morgan fingerprint density at radius 1 is 0.882 bits per heavy atom. The smallest absolute Gasteiger partial charge is 0.0723 e. The van der Waals surface area contributed by atoms with E-state index < -0.39 is 0 Å². The van der Waals surface area contributed by atoms with Crippen molar-refractivity contribution >= 4 is 16.6 Å². The summed E-state index contributed by atoms with van der Waals surface area (Å²) in [6.07, 6.45) is 3.51. The number of nitrogens with two attached hydrogens (primary N) is 1. The SMILES string of the molecule is Nc1ccnc(-c2ccc3cccnc3c2)c1. The van der Waals surface area contributed by atoms with Crippen molar-refractivity contribution < 1.29 is 0 Å². The highest BCUT2D eigenvalue weighted by molar-refractivity contribution is 5.83. The molecule has 0 aliphatic rings. The Balaban J connectivity index is 2.18. The first-order chi connectivity index (χ1) is 8.33. The predicted octanol–water partition coefficient (Wildman–Crippen LogP) is 2.88. The van der Waals surface area contributed by atoms with Crippen LogP contribution in [-0.2, 0) is 0 Å². The molecular formula is C14H11N3. The van der Waals surface area contributed by atoms with Gasteiger partial charge in [-0.05, 0) is 24.3 Å². The minimum absolute atomic E-state index is 0.719. The molecule has 0 unspecified atom stereocenters. The average Bonchev–Trinajstić information content (AvgIpc) is 2.38. The Morgan fingerprint density at radius 3 is 2.71 bits per heavy atom. The molecule has 0 bridgehead atoms. The summed E-state index contributed by atoms with van der Waals surface area (Å²) >= 11 is 0. The molecule has 0 radical (unpaired) electrons. The van der Waals surface area contributed by atoms with Crippen molar-refractivity contribution in [3.63, 3.8) is 0 Å². The van der Waals surface area contributed by atoms with Gasteiger partial charge in [0.15, 0.2) is 0 Å². The van der Waals surface area contributed by atoms with E-state index >= 15 is 0 Å². The van der Waals surface area contributed by atoms with Gasteiger partial charge in [0.25, 0.3) is 0 Å². The zero-order valence-corrected chi connectivity index (χ0v) is 9.17. The number of fused-ring (bicyclic) bond motifs is 1. The number of hydrogen-bond donors (Lipinski definition) is 1. The molecule has 3 rings (SSSR count). The lowest BCUT2D eigenvalue weighted by atomic mass is 10.1. The highest BCUT2D eigenvalue weighted by Gasteiger charge is 2.01. The monoisotopic (exact) mass is 221 g/mol. The third-order valence-corrected chi connectivity index (χ3v) is 2.69. The molecule has 2 aromatic heterocycles. The standard InChI is InChI=1S/C14H11N3/c15-12-5-7-17-14(9-12)11-4-3-10-2-1-6-16-13(10)8-11/h1-9H,(H2,15,17). The summed E-state index contributed by atoms with van der Waals surface area (Å²) in [7, 11) is 0. The van der Waals surface area contributed by atoms with Gasteiger partial charge in [-0.3, -0.25) is 9.97 Å². The van der Waals surface area contributed by atoms with E-state index in [1.54, 1.807) is 18.5 Å². The van der Waals surface area contributed by atoms with Crippen molar-refractivity contribution in [2.45, 2.75) is 0 Å². The zero-order chi connectivity index (χ0) is 11.7. The average molecular weight is 221 g/mol. The summed E-state index contributed by atoms with van der Waals surface area (Å²) in [5.41, 5.74) is 9.34. The van der Waals surface area contributed by atoms with Crippen LogP contribution in [0.5, 0.6) is 0 Å². The van der Waals surface area contributed by atoms with E-state index in [9.17, 15) is 0 Å². The third-order valence-electron chi connectivity index (χ3n) is 2.69. The molecule has 3 heteroatoms.